The lowest BCUT2D eigenvalue weighted by atomic mass is 10.0. The molecule has 2 aliphatic rings. The van der Waals surface area contributed by atoms with Gasteiger partial charge in [-0.3, -0.25) is 14.9 Å². The van der Waals surface area contributed by atoms with Crippen molar-refractivity contribution >= 4 is 52.3 Å². The molecule has 24 heteroatoms. The van der Waals surface area contributed by atoms with Crippen LogP contribution in [0.1, 0.15) is 59.3 Å². The molecule has 5 amide bonds. The average Bonchev–Trinajstić information content (AvgIpc) is 1.80. The summed E-state index contributed by atoms with van der Waals surface area (Å²) in [5, 5.41) is 26.0. The van der Waals surface area contributed by atoms with E-state index in [9.17, 15) is 70.3 Å². The number of carbonyl (C=O) groups excluding carboxylic acids is 5. The third kappa shape index (κ3) is 16.9. The molecule has 0 aromatic heterocycles. The van der Waals surface area contributed by atoms with Gasteiger partial charge in [0.1, 0.15) is 6.04 Å². The van der Waals surface area contributed by atoms with Crippen molar-refractivity contribution in [2.75, 3.05) is 13.2 Å². The number of halogens is 6. The van der Waals surface area contributed by atoms with Gasteiger partial charge in [0.25, 0.3) is 5.69 Å². The van der Waals surface area contributed by atoms with E-state index in [1.807, 2.05) is 19.1 Å². The van der Waals surface area contributed by atoms with Crippen molar-refractivity contribution in [2.24, 2.45) is 5.73 Å². The van der Waals surface area contributed by atoms with E-state index in [2.05, 4.69) is 45.1 Å². The van der Waals surface area contributed by atoms with Gasteiger partial charge in [0.15, 0.2) is 31.3 Å². The number of hydrogen-bond acceptors (Lipinski definition) is 11. The largest absolute Gasteiger partial charge is 0.480 e. The van der Waals surface area contributed by atoms with Crippen molar-refractivity contribution in [1.82, 2.24) is 24.9 Å². The molecule has 86 heavy (non-hydrogen) atoms. The highest BCUT2D eigenvalue weighted by Crippen LogP contribution is 2.33. The summed E-state index contributed by atoms with van der Waals surface area (Å²) in [5.74, 6) is -5.14. The number of benzene rings is 7. The number of carboxylic acid groups (broad SMARTS) is 1. The van der Waals surface area contributed by atoms with Crippen molar-refractivity contribution in [1.29, 1.82) is 0 Å². The van der Waals surface area contributed by atoms with Gasteiger partial charge in [0, 0.05) is 44.4 Å². The molecule has 7 aromatic rings. The van der Waals surface area contributed by atoms with Crippen molar-refractivity contribution in [3.63, 3.8) is 0 Å². The number of carboxylic acids is 1. The maximum Gasteiger partial charge on any atom is 0.422 e. The minimum Gasteiger partial charge on any atom is -0.480 e. The Morgan fingerprint density at radius 3 is 1.29 bits per heavy atom. The summed E-state index contributed by atoms with van der Waals surface area (Å²) in [5.41, 5.74) is 9.82. The first-order chi connectivity index (χ1) is 40.9. The van der Waals surface area contributed by atoms with Crippen LogP contribution in [-0.4, -0.2) is 115 Å². The minimum absolute atomic E-state index is 0.103. The van der Waals surface area contributed by atoms with Crippen LogP contribution in [0.4, 0.5) is 41.6 Å². The topological polar surface area (TPSA) is 235 Å². The highest BCUT2D eigenvalue weighted by atomic mass is 19.4. The number of fused-ring (bicyclic) bond motifs is 1. The molecule has 6 atom stereocenters. The number of rotatable bonds is 18. The molecule has 0 spiro atoms. The van der Waals surface area contributed by atoms with E-state index in [1.54, 1.807) is 128 Å². The molecular formula is C62H59F6N7O11. The zero-order valence-corrected chi connectivity index (χ0v) is 46.2. The first-order valence-corrected chi connectivity index (χ1v) is 26.7. The molecule has 7 aromatic carbocycles. The summed E-state index contributed by atoms with van der Waals surface area (Å²) in [6.07, 6.45) is -9.61. The molecule has 0 bridgehead atoms. The molecule has 2 aliphatic heterocycles. The second-order valence-corrected chi connectivity index (χ2v) is 20.0. The van der Waals surface area contributed by atoms with Crippen LogP contribution < -0.4 is 11.1 Å². The molecule has 4 N–H and O–H groups in total. The number of carbonyl (C=O) groups is 6. The predicted molar refractivity (Wildman–Crippen MR) is 302 cm³/mol. The monoisotopic (exact) mass is 1190 g/mol. The number of urea groups is 2. The molecular weight excluding hydrogens is 1130 g/mol. The third-order valence-corrected chi connectivity index (χ3v) is 13.7. The Kier molecular flexibility index (Phi) is 21.2. The van der Waals surface area contributed by atoms with E-state index in [0.717, 1.165) is 19.6 Å². The van der Waals surface area contributed by atoms with Crippen LogP contribution in [0.2, 0.25) is 0 Å². The number of aliphatic carboxylic acids is 1. The number of amides is 5. The average molecular weight is 1190 g/mol. The number of ether oxygens (including phenoxy) is 2. The quantitative estimate of drug-likeness (QED) is 0.0315. The van der Waals surface area contributed by atoms with E-state index < -0.39 is 96.6 Å². The van der Waals surface area contributed by atoms with Crippen LogP contribution in [0.25, 0.3) is 10.8 Å². The van der Waals surface area contributed by atoms with Crippen LogP contribution >= 0.6 is 0 Å². The van der Waals surface area contributed by atoms with E-state index in [-0.39, 0.29) is 37.9 Å². The van der Waals surface area contributed by atoms with Crippen LogP contribution in [0.15, 0.2) is 188 Å². The van der Waals surface area contributed by atoms with Gasteiger partial charge >= 0.3 is 42.3 Å². The Bertz CT molecular complexity index is 3450. The fraction of sp³-hybridized carbons (Fsp3) is 0.258. The van der Waals surface area contributed by atoms with Crippen LogP contribution in [0.5, 0.6) is 0 Å². The van der Waals surface area contributed by atoms with Crippen LogP contribution in [-0.2, 0) is 54.8 Å². The summed E-state index contributed by atoms with van der Waals surface area (Å²) >= 11 is 0. The number of nitrogens with two attached hydrogens (primary N) is 1. The highest BCUT2D eigenvalue weighted by Gasteiger charge is 2.56. The third-order valence-electron chi connectivity index (χ3n) is 13.7. The maximum absolute atomic E-state index is 13.8. The van der Waals surface area contributed by atoms with Gasteiger partial charge in [0.2, 0.25) is 5.91 Å². The lowest BCUT2D eigenvalue weighted by Gasteiger charge is -2.27. The molecule has 0 aliphatic carbocycles. The number of nitro benzene ring substituents is 1. The first-order valence-electron chi connectivity index (χ1n) is 26.7. The molecule has 18 nitrogen and oxygen atoms in total. The Balaban J connectivity index is 0.000000209. The van der Waals surface area contributed by atoms with Gasteiger partial charge < -0.3 is 45.2 Å². The number of non-ortho nitro benzene ring substituents is 1. The van der Waals surface area contributed by atoms with E-state index >= 15 is 0 Å². The number of nitro groups is 1. The summed E-state index contributed by atoms with van der Waals surface area (Å²) in [6, 6.07) is 45.1. The standard InChI is InChI=1S/C29H27F3N4O6.C21H19F3N2O5.C12H13N/c1-19(22-12-14-23(15-13-22)36(40)41)33-26(37)24-25(27(38)42-18-29(30,31)32)35(17-21-10-6-3-7-11-21)28(39)34(24)16-20-8-4-2-5-9-20;22-21(23,24)13-31-19(29)17-16(18(27)28)25(11-14-7-3-1-4-8-14)20(30)26(17)12-15-9-5-2-6-10-15;1-9(13)11-8-4-6-10-5-2-3-7-12(10)11/h2-15,19,24-25H,16-18H2,1H3,(H,33,37);1-10,16-17H,11-13H2,(H,27,28);2-9H,13H2,1H3/t19?,24-,25+;16-,17+;9-/m111/s1. The van der Waals surface area contributed by atoms with Gasteiger partial charge in [-0.1, -0.05) is 176 Å². The lowest BCUT2D eigenvalue weighted by Crippen LogP contribution is -2.53. The smallest absolute Gasteiger partial charge is 0.422 e. The van der Waals surface area contributed by atoms with Gasteiger partial charge in [-0.05, 0) is 58.0 Å². The Morgan fingerprint density at radius 2 is 0.907 bits per heavy atom. The van der Waals surface area contributed by atoms with E-state index in [1.165, 1.54) is 40.6 Å². The summed E-state index contributed by atoms with van der Waals surface area (Å²) in [6.45, 7) is -0.734. The zero-order valence-electron chi connectivity index (χ0n) is 46.2. The number of alkyl halides is 6. The second-order valence-electron chi connectivity index (χ2n) is 20.0. The molecule has 1 unspecified atom stereocenters. The van der Waals surface area contributed by atoms with Gasteiger partial charge in [-0.15, -0.1) is 0 Å². The molecule has 9 rings (SSSR count). The molecule has 2 fully saturated rings. The predicted octanol–water partition coefficient (Wildman–Crippen LogP) is 10.7. The normalized spacial score (nSPS) is 17.4. The van der Waals surface area contributed by atoms with Crippen molar-refractivity contribution in [3.05, 3.63) is 232 Å². The number of hydrogen-bond donors (Lipinski definition) is 3. The fourth-order valence-corrected chi connectivity index (χ4v) is 9.73. The molecule has 0 saturated carbocycles. The molecule has 0 radical (unpaired) electrons. The Labute approximate surface area is 489 Å². The Morgan fingerprint density at radius 1 is 0.547 bits per heavy atom. The summed E-state index contributed by atoms with van der Waals surface area (Å²) < 4.78 is 85.6. The molecule has 450 valence electrons. The van der Waals surface area contributed by atoms with Crippen molar-refractivity contribution in [3.8, 4) is 0 Å². The number of nitrogens with one attached hydrogen (secondary N) is 1. The van der Waals surface area contributed by atoms with E-state index in [0.29, 0.717) is 27.8 Å². The number of nitrogens with zero attached hydrogens (tertiary/aromatic N) is 5. The second kappa shape index (κ2) is 28.6. The van der Waals surface area contributed by atoms with Gasteiger partial charge in [-0.25, -0.2) is 24.0 Å². The van der Waals surface area contributed by atoms with Crippen LogP contribution in [0.3, 0.4) is 0 Å². The SMILES string of the molecule is CC(NC(=O)[C@H]1[C@@H](C(=O)OCC(F)(F)F)N(Cc2ccccc2)C(=O)N1Cc1ccccc1)c1ccc([N+](=O)[O-])cc1.C[C@@H](N)c1cccc2ccccc12.O=C(OCC(F)(F)F)[C@@H]1[C@H](C(=O)O)N(Cc2ccccc2)C(=O)N1Cc1ccccc1. The van der Waals surface area contributed by atoms with Gasteiger partial charge in [0.05, 0.1) is 11.0 Å². The molecule has 2 heterocycles. The molecule has 2 saturated heterocycles. The lowest BCUT2D eigenvalue weighted by molar-refractivity contribution is -0.384. The first kappa shape index (κ1) is 63.7. The summed E-state index contributed by atoms with van der Waals surface area (Å²) in [4.78, 5) is 93.0. The van der Waals surface area contributed by atoms with E-state index in [4.69, 9.17) is 5.73 Å². The number of esters is 2. The van der Waals surface area contributed by atoms with Crippen LogP contribution in [0, 0.1) is 10.1 Å². The zero-order chi connectivity index (χ0) is 62.3. The fourth-order valence-electron chi connectivity index (χ4n) is 9.73. The van der Waals surface area contributed by atoms with Crippen molar-refractivity contribution in [2.45, 2.75) is 88.6 Å². The summed E-state index contributed by atoms with van der Waals surface area (Å²) in [7, 11) is 0. The minimum atomic E-state index is -4.82. The highest BCUT2D eigenvalue weighted by molar-refractivity contribution is 5.99. The Hall–Kier alpha value is -9.84. The maximum atomic E-state index is 13.8. The van der Waals surface area contributed by atoms with Gasteiger partial charge in [-0.2, -0.15) is 26.3 Å². The van der Waals surface area contributed by atoms with Crippen molar-refractivity contribution < 1.29 is 74.6 Å².